The van der Waals surface area contributed by atoms with E-state index in [-0.39, 0.29) is 5.91 Å². The molecule has 0 saturated heterocycles. The van der Waals surface area contributed by atoms with E-state index in [0.29, 0.717) is 12.0 Å². The minimum Gasteiger partial charge on any atom is -0.355 e. The van der Waals surface area contributed by atoms with Gasteiger partial charge in [0.1, 0.15) is 0 Å². The maximum Gasteiger partial charge on any atom is 0.251 e. The van der Waals surface area contributed by atoms with Crippen molar-refractivity contribution in [1.82, 2.24) is 5.32 Å². The van der Waals surface area contributed by atoms with E-state index in [0.717, 1.165) is 5.56 Å². The second-order valence-electron chi connectivity index (χ2n) is 2.61. The summed E-state index contributed by atoms with van der Waals surface area (Å²) in [5.41, 5.74) is 1.54. The maximum atomic E-state index is 11.1. The zero-order valence-electron chi connectivity index (χ0n) is 9.37. The number of nitrogens with zero attached hydrogens (tertiary/aromatic N) is 1. The Bertz CT molecular complexity index is 336. The number of nitrogens with one attached hydrogen (secondary N) is 1. The molecule has 0 aromatic heterocycles. The molecule has 0 unspecified atom stereocenters. The lowest BCUT2D eigenvalue weighted by Crippen LogP contribution is -2.17. The van der Waals surface area contributed by atoms with Gasteiger partial charge in [-0.1, -0.05) is 26.0 Å². The van der Waals surface area contributed by atoms with Crippen LogP contribution in [0.15, 0.2) is 24.3 Å². The third kappa shape index (κ3) is 4.28. The molecule has 0 aliphatic heterocycles. The van der Waals surface area contributed by atoms with E-state index >= 15 is 0 Å². The van der Waals surface area contributed by atoms with Crippen LogP contribution in [0.5, 0.6) is 0 Å². The summed E-state index contributed by atoms with van der Waals surface area (Å²) >= 11 is 0. The molecule has 1 aromatic rings. The number of carbonyl (C=O) groups excluding carboxylic acids is 1. The number of hydrogen-bond acceptors (Lipinski definition) is 2. The summed E-state index contributed by atoms with van der Waals surface area (Å²) in [5.74, 6) is -0.108. The monoisotopic (exact) mass is 204 g/mol. The highest BCUT2D eigenvalue weighted by molar-refractivity contribution is 5.93. The molecule has 0 aliphatic carbocycles. The molecule has 80 valence electrons. The van der Waals surface area contributed by atoms with Crippen molar-refractivity contribution in [3.8, 4) is 6.07 Å². The number of nitriles is 1. The van der Waals surface area contributed by atoms with E-state index in [2.05, 4.69) is 5.32 Å². The normalized spacial score (nSPS) is 8.13. The molecule has 0 spiro atoms. The third-order valence-corrected chi connectivity index (χ3v) is 1.73. The van der Waals surface area contributed by atoms with Crippen LogP contribution in [0.4, 0.5) is 0 Å². The molecule has 0 saturated carbocycles. The van der Waals surface area contributed by atoms with Gasteiger partial charge in [-0.05, 0) is 17.7 Å². The van der Waals surface area contributed by atoms with Crippen LogP contribution in [0, 0.1) is 11.3 Å². The molecular formula is C12H16N2O. The number of hydrogen-bond donors (Lipinski definition) is 1. The lowest BCUT2D eigenvalue weighted by molar-refractivity contribution is 0.0963. The van der Waals surface area contributed by atoms with Gasteiger partial charge in [-0.25, -0.2) is 0 Å². The summed E-state index contributed by atoms with van der Waals surface area (Å²) < 4.78 is 0. The summed E-state index contributed by atoms with van der Waals surface area (Å²) in [6, 6.07) is 9.04. The number of rotatable bonds is 2. The van der Waals surface area contributed by atoms with Crippen LogP contribution in [0.2, 0.25) is 0 Å². The largest absolute Gasteiger partial charge is 0.355 e. The Morgan fingerprint density at radius 2 is 1.87 bits per heavy atom. The van der Waals surface area contributed by atoms with Gasteiger partial charge >= 0.3 is 0 Å². The summed E-state index contributed by atoms with van der Waals surface area (Å²) in [6.45, 7) is 4.00. The minimum absolute atomic E-state index is 0.108. The molecule has 1 aromatic carbocycles. The molecule has 0 aliphatic rings. The van der Waals surface area contributed by atoms with Crippen molar-refractivity contribution in [2.45, 2.75) is 20.3 Å². The van der Waals surface area contributed by atoms with Crippen molar-refractivity contribution < 1.29 is 4.79 Å². The summed E-state index contributed by atoms with van der Waals surface area (Å²) in [7, 11) is 1.59. The van der Waals surface area contributed by atoms with Crippen molar-refractivity contribution in [3.63, 3.8) is 0 Å². The van der Waals surface area contributed by atoms with Crippen LogP contribution >= 0.6 is 0 Å². The molecule has 1 N–H and O–H groups in total. The standard InChI is InChI=1S/C10H10N2O.C2H6/c1-12-10(13)9-4-2-8(3-5-9)6-7-11;1-2/h2-5H,6H2,1H3,(H,12,13);1-2H3. The van der Waals surface area contributed by atoms with Crippen molar-refractivity contribution in [3.05, 3.63) is 35.4 Å². The molecule has 0 radical (unpaired) electrons. The summed E-state index contributed by atoms with van der Waals surface area (Å²) in [4.78, 5) is 11.1. The fraction of sp³-hybridized carbons (Fsp3) is 0.333. The van der Waals surface area contributed by atoms with E-state index in [9.17, 15) is 4.79 Å². The van der Waals surface area contributed by atoms with E-state index in [1.807, 2.05) is 19.9 Å². The smallest absolute Gasteiger partial charge is 0.251 e. The number of benzene rings is 1. The Hall–Kier alpha value is -1.82. The second kappa shape index (κ2) is 7.57. The van der Waals surface area contributed by atoms with Gasteiger partial charge in [-0.15, -0.1) is 0 Å². The van der Waals surface area contributed by atoms with Crippen molar-refractivity contribution in [2.75, 3.05) is 7.05 Å². The van der Waals surface area contributed by atoms with E-state index in [4.69, 9.17) is 5.26 Å². The van der Waals surface area contributed by atoms with Crippen molar-refractivity contribution in [1.29, 1.82) is 5.26 Å². The predicted octanol–water partition coefficient (Wildman–Crippen LogP) is 2.14. The lowest BCUT2D eigenvalue weighted by Gasteiger charge is -1.99. The number of carbonyl (C=O) groups is 1. The molecule has 1 rings (SSSR count). The topological polar surface area (TPSA) is 52.9 Å². The van der Waals surface area contributed by atoms with Gasteiger partial charge in [0.2, 0.25) is 0 Å². The average molecular weight is 204 g/mol. The van der Waals surface area contributed by atoms with Crippen LogP contribution in [-0.2, 0) is 6.42 Å². The highest BCUT2D eigenvalue weighted by Gasteiger charge is 2.01. The van der Waals surface area contributed by atoms with Gasteiger partial charge in [-0.2, -0.15) is 5.26 Å². The first-order chi connectivity index (χ1) is 7.27. The number of amides is 1. The summed E-state index contributed by atoms with van der Waals surface area (Å²) in [6.07, 6.45) is 0.383. The zero-order valence-corrected chi connectivity index (χ0v) is 9.37. The van der Waals surface area contributed by atoms with Crippen LogP contribution in [0.1, 0.15) is 29.8 Å². The first kappa shape index (κ1) is 13.2. The Balaban J connectivity index is 0.000000921. The van der Waals surface area contributed by atoms with Crippen molar-refractivity contribution >= 4 is 5.91 Å². The summed E-state index contributed by atoms with van der Waals surface area (Å²) in [5, 5.41) is 10.9. The Labute approximate surface area is 90.7 Å². The lowest BCUT2D eigenvalue weighted by atomic mass is 10.1. The van der Waals surface area contributed by atoms with E-state index in [1.54, 1.807) is 31.3 Å². The van der Waals surface area contributed by atoms with Gasteiger partial charge in [-0.3, -0.25) is 4.79 Å². The Morgan fingerprint density at radius 1 is 1.33 bits per heavy atom. The van der Waals surface area contributed by atoms with Crippen LogP contribution < -0.4 is 5.32 Å². The molecule has 3 nitrogen and oxygen atoms in total. The van der Waals surface area contributed by atoms with E-state index in [1.165, 1.54) is 0 Å². The first-order valence-corrected chi connectivity index (χ1v) is 4.96. The molecule has 3 heteroatoms. The average Bonchev–Trinajstić information content (AvgIpc) is 2.32. The van der Waals surface area contributed by atoms with Gasteiger partial charge in [0.05, 0.1) is 12.5 Å². The molecular weight excluding hydrogens is 188 g/mol. The van der Waals surface area contributed by atoms with Crippen LogP contribution in [-0.4, -0.2) is 13.0 Å². The predicted molar refractivity (Wildman–Crippen MR) is 60.5 cm³/mol. The van der Waals surface area contributed by atoms with Gasteiger partial charge in [0.15, 0.2) is 0 Å². The fourth-order valence-electron chi connectivity index (χ4n) is 1.01. The Kier molecular flexibility index (Phi) is 6.65. The first-order valence-electron chi connectivity index (χ1n) is 4.96. The maximum absolute atomic E-state index is 11.1. The van der Waals surface area contributed by atoms with Gasteiger partial charge in [0, 0.05) is 12.6 Å². The van der Waals surface area contributed by atoms with Crippen molar-refractivity contribution in [2.24, 2.45) is 0 Å². The van der Waals surface area contributed by atoms with Crippen LogP contribution in [0.25, 0.3) is 0 Å². The highest BCUT2D eigenvalue weighted by Crippen LogP contribution is 2.04. The molecule has 0 bridgehead atoms. The third-order valence-electron chi connectivity index (χ3n) is 1.73. The molecule has 0 heterocycles. The second-order valence-corrected chi connectivity index (χ2v) is 2.61. The molecule has 1 amide bonds. The van der Waals surface area contributed by atoms with Gasteiger partial charge in [0.25, 0.3) is 5.91 Å². The highest BCUT2D eigenvalue weighted by atomic mass is 16.1. The Morgan fingerprint density at radius 3 is 2.27 bits per heavy atom. The fourth-order valence-corrected chi connectivity index (χ4v) is 1.01. The minimum atomic E-state index is -0.108. The molecule has 0 fully saturated rings. The van der Waals surface area contributed by atoms with Gasteiger partial charge < -0.3 is 5.32 Å². The van der Waals surface area contributed by atoms with Crippen LogP contribution in [0.3, 0.4) is 0 Å². The zero-order chi connectivity index (χ0) is 11.7. The molecule has 0 atom stereocenters. The SMILES string of the molecule is CC.CNC(=O)c1ccc(CC#N)cc1. The van der Waals surface area contributed by atoms with E-state index < -0.39 is 0 Å². The quantitative estimate of drug-likeness (QED) is 0.802. The molecule has 15 heavy (non-hydrogen) atoms.